The Labute approximate surface area is 117 Å². The van der Waals surface area contributed by atoms with Crippen molar-refractivity contribution in [3.8, 4) is 21.8 Å². The molecule has 0 atom stereocenters. The Morgan fingerprint density at radius 3 is 2.84 bits per heavy atom. The summed E-state index contributed by atoms with van der Waals surface area (Å²) in [6.45, 7) is 0. The van der Waals surface area contributed by atoms with Gasteiger partial charge in [-0.2, -0.15) is 0 Å². The van der Waals surface area contributed by atoms with Crippen LogP contribution < -0.4 is 5.73 Å². The summed E-state index contributed by atoms with van der Waals surface area (Å²) in [5, 5.41) is 5.74. The number of halogens is 2. The summed E-state index contributed by atoms with van der Waals surface area (Å²) in [6, 6.07) is 8.19. The third-order valence-corrected chi connectivity index (χ3v) is 3.84. The summed E-state index contributed by atoms with van der Waals surface area (Å²) >= 11 is 7.31. The van der Waals surface area contributed by atoms with Gasteiger partial charge in [0.15, 0.2) is 11.6 Å². The smallest absolute Gasteiger partial charge is 0.177 e. The molecule has 2 heterocycles. The zero-order valence-corrected chi connectivity index (χ0v) is 11.1. The summed E-state index contributed by atoms with van der Waals surface area (Å²) in [6.07, 6.45) is 0. The van der Waals surface area contributed by atoms with Gasteiger partial charge in [0.1, 0.15) is 5.82 Å². The van der Waals surface area contributed by atoms with Gasteiger partial charge in [0.05, 0.1) is 10.6 Å². The van der Waals surface area contributed by atoms with Crippen LogP contribution in [0, 0.1) is 5.82 Å². The summed E-state index contributed by atoms with van der Waals surface area (Å²) in [5.41, 5.74) is 7.18. The zero-order chi connectivity index (χ0) is 13.4. The quantitative estimate of drug-likeness (QED) is 0.760. The predicted octanol–water partition coefficient (Wildman–Crippen LogP) is 4.44. The lowest BCUT2D eigenvalue weighted by atomic mass is 10.1. The van der Waals surface area contributed by atoms with Crippen LogP contribution in [0.3, 0.4) is 0 Å². The molecule has 96 valence electrons. The van der Waals surface area contributed by atoms with Crippen molar-refractivity contribution in [3.63, 3.8) is 0 Å². The molecule has 19 heavy (non-hydrogen) atoms. The highest BCUT2D eigenvalue weighted by molar-refractivity contribution is 7.13. The van der Waals surface area contributed by atoms with Crippen LogP contribution in [0.15, 0.2) is 40.2 Å². The molecular weight excluding hydrogens is 287 g/mol. The zero-order valence-electron chi connectivity index (χ0n) is 9.56. The van der Waals surface area contributed by atoms with E-state index in [4.69, 9.17) is 21.9 Å². The minimum Gasteiger partial charge on any atom is -0.380 e. The van der Waals surface area contributed by atoms with Gasteiger partial charge < -0.3 is 10.3 Å². The maximum atomic E-state index is 13.2. The lowest BCUT2D eigenvalue weighted by Gasteiger charge is -2.01. The molecule has 0 saturated heterocycles. The Kier molecular flexibility index (Phi) is 3.00. The lowest BCUT2D eigenvalue weighted by molar-refractivity contribution is 0.436. The van der Waals surface area contributed by atoms with E-state index in [0.29, 0.717) is 22.7 Å². The van der Waals surface area contributed by atoms with Crippen molar-refractivity contribution in [1.29, 1.82) is 0 Å². The van der Waals surface area contributed by atoms with Gasteiger partial charge in [-0.1, -0.05) is 22.8 Å². The fourth-order valence-electron chi connectivity index (χ4n) is 1.80. The largest absolute Gasteiger partial charge is 0.380 e. The molecule has 1 aromatic carbocycles. The van der Waals surface area contributed by atoms with E-state index in [9.17, 15) is 4.39 Å². The number of aromatic nitrogens is 1. The van der Waals surface area contributed by atoms with Crippen molar-refractivity contribution in [2.75, 3.05) is 5.73 Å². The Bertz CT molecular complexity index is 724. The lowest BCUT2D eigenvalue weighted by Crippen LogP contribution is -1.87. The molecule has 0 spiro atoms. The topological polar surface area (TPSA) is 52.0 Å². The number of anilines is 1. The van der Waals surface area contributed by atoms with Crippen LogP contribution in [0.2, 0.25) is 5.02 Å². The van der Waals surface area contributed by atoms with E-state index in [1.165, 1.54) is 23.5 Å². The standard InChI is InChI=1S/C13H8ClFN2OS/c14-8-6-7(3-4-9(8)15)12-11(13(16)17-18-12)10-2-1-5-19-10/h1-6H,(H2,16,17). The van der Waals surface area contributed by atoms with Crippen molar-refractivity contribution in [2.24, 2.45) is 0 Å². The molecule has 0 saturated carbocycles. The highest BCUT2D eigenvalue weighted by Gasteiger charge is 2.19. The van der Waals surface area contributed by atoms with Gasteiger partial charge >= 0.3 is 0 Å². The van der Waals surface area contributed by atoms with E-state index >= 15 is 0 Å². The maximum Gasteiger partial charge on any atom is 0.177 e. The molecule has 0 aliphatic carbocycles. The van der Waals surface area contributed by atoms with Gasteiger partial charge in [0.25, 0.3) is 0 Å². The van der Waals surface area contributed by atoms with Gasteiger partial charge in [0, 0.05) is 10.4 Å². The first-order valence-corrected chi connectivity index (χ1v) is 6.67. The fraction of sp³-hybridized carbons (Fsp3) is 0. The number of nitrogen functional groups attached to an aromatic ring is 1. The van der Waals surface area contributed by atoms with Crippen LogP contribution in [0.4, 0.5) is 10.2 Å². The number of hydrogen-bond donors (Lipinski definition) is 1. The van der Waals surface area contributed by atoms with Gasteiger partial charge in [-0.3, -0.25) is 0 Å². The third kappa shape index (κ3) is 2.11. The molecule has 0 aliphatic heterocycles. The van der Waals surface area contributed by atoms with Crippen LogP contribution in [-0.4, -0.2) is 5.16 Å². The van der Waals surface area contributed by atoms with Crippen LogP contribution in [0.1, 0.15) is 0 Å². The Morgan fingerprint density at radius 1 is 1.32 bits per heavy atom. The minimum absolute atomic E-state index is 0.0320. The van der Waals surface area contributed by atoms with Crippen LogP contribution in [-0.2, 0) is 0 Å². The molecule has 0 amide bonds. The summed E-state index contributed by atoms with van der Waals surface area (Å²) in [7, 11) is 0. The first kappa shape index (κ1) is 12.2. The van der Waals surface area contributed by atoms with Gasteiger partial charge in [-0.25, -0.2) is 4.39 Å². The predicted molar refractivity (Wildman–Crippen MR) is 74.6 cm³/mol. The van der Waals surface area contributed by atoms with Crippen LogP contribution >= 0.6 is 22.9 Å². The average Bonchev–Trinajstić information content (AvgIpc) is 3.01. The van der Waals surface area contributed by atoms with E-state index < -0.39 is 5.82 Å². The summed E-state index contributed by atoms with van der Waals surface area (Å²) < 4.78 is 18.4. The molecular formula is C13H8ClFN2OS. The average molecular weight is 295 g/mol. The molecule has 3 rings (SSSR count). The van der Waals surface area contributed by atoms with Crippen molar-refractivity contribution in [2.45, 2.75) is 0 Å². The Balaban J connectivity index is 2.18. The van der Waals surface area contributed by atoms with Crippen molar-refractivity contribution < 1.29 is 8.91 Å². The van der Waals surface area contributed by atoms with Gasteiger partial charge in [0.2, 0.25) is 0 Å². The molecule has 0 unspecified atom stereocenters. The summed E-state index contributed by atoms with van der Waals surface area (Å²) in [5.74, 6) is 0.315. The van der Waals surface area contributed by atoms with E-state index in [0.717, 1.165) is 4.88 Å². The molecule has 3 aromatic rings. The minimum atomic E-state index is -0.476. The molecule has 3 nitrogen and oxygen atoms in total. The Hall–Kier alpha value is -1.85. The number of benzene rings is 1. The van der Waals surface area contributed by atoms with Crippen molar-refractivity contribution in [1.82, 2.24) is 5.16 Å². The second-order valence-electron chi connectivity index (χ2n) is 3.88. The van der Waals surface area contributed by atoms with Gasteiger partial charge in [-0.05, 0) is 29.6 Å². The molecule has 0 radical (unpaired) electrons. The fourth-order valence-corrected chi connectivity index (χ4v) is 2.75. The van der Waals surface area contributed by atoms with E-state index in [1.54, 1.807) is 6.07 Å². The van der Waals surface area contributed by atoms with E-state index in [1.807, 2.05) is 17.5 Å². The molecule has 2 aromatic heterocycles. The van der Waals surface area contributed by atoms with Crippen LogP contribution in [0.5, 0.6) is 0 Å². The monoisotopic (exact) mass is 294 g/mol. The number of thiophene rings is 1. The molecule has 0 aliphatic rings. The molecule has 6 heteroatoms. The molecule has 0 bridgehead atoms. The van der Waals surface area contributed by atoms with Crippen molar-refractivity contribution >= 4 is 28.8 Å². The Morgan fingerprint density at radius 2 is 2.16 bits per heavy atom. The number of hydrogen-bond acceptors (Lipinski definition) is 4. The van der Waals surface area contributed by atoms with E-state index in [2.05, 4.69) is 5.16 Å². The second-order valence-corrected chi connectivity index (χ2v) is 5.23. The highest BCUT2D eigenvalue weighted by atomic mass is 35.5. The SMILES string of the molecule is Nc1noc(-c2ccc(F)c(Cl)c2)c1-c1cccs1. The number of nitrogens with zero attached hydrogens (tertiary/aromatic N) is 1. The first-order valence-electron chi connectivity index (χ1n) is 5.41. The third-order valence-electron chi connectivity index (χ3n) is 2.67. The first-order chi connectivity index (χ1) is 9.16. The molecule has 0 fully saturated rings. The van der Waals surface area contributed by atoms with Gasteiger partial charge in [-0.15, -0.1) is 11.3 Å². The van der Waals surface area contributed by atoms with Crippen molar-refractivity contribution in [3.05, 3.63) is 46.6 Å². The maximum absolute atomic E-state index is 13.2. The highest BCUT2D eigenvalue weighted by Crippen LogP contribution is 2.39. The normalized spacial score (nSPS) is 10.8. The van der Waals surface area contributed by atoms with E-state index in [-0.39, 0.29) is 5.02 Å². The second kappa shape index (κ2) is 4.68. The number of nitrogens with two attached hydrogens (primary N) is 1. The van der Waals surface area contributed by atoms with Crippen LogP contribution in [0.25, 0.3) is 21.8 Å². The summed E-state index contributed by atoms with van der Waals surface area (Å²) in [4.78, 5) is 0.939. The molecule has 2 N–H and O–H groups in total. The number of rotatable bonds is 2.